The molecule has 0 atom stereocenters. The molecule has 11 nitrogen and oxygen atoms in total. The number of sulfonamides is 1. The van der Waals surface area contributed by atoms with Gasteiger partial charge in [0.05, 0.1) is 22.9 Å². The summed E-state index contributed by atoms with van der Waals surface area (Å²) in [5.41, 5.74) is 2.11. The van der Waals surface area contributed by atoms with Gasteiger partial charge in [-0.25, -0.2) is 23.5 Å². The fourth-order valence-electron chi connectivity index (χ4n) is 4.18. The van der Waals surface area contributed by atoms with Crippen LogP contribution in [0, 0.1) is 0 Å². The normalized spacial score (nSPS) is 14.5. The van der Waals surface area contributed by atoms with Gasteiger partial charge in [-0.1, -0.05) is 0 Å². The first-order valence-corrected chi connectivity index (χ1v) is 12.7. The number of primary sulfonamides is 1. The summed E-state index contributed by atoms with van der Waals surface area (Å²) < 4.78 is 28.2. The summed E-state index contributed by atoms with van der Waals surface area (Å²) in [4.78, 5) is 16.4. The van der Waals surface area contributed by atoms with E-state index in [9.17, 15) is 13.5 Å². The maximum Gasteiger partial charge on any atom is 0.238 e. The number of H-pyrrole nitrogens is 1. The Morgan fingerprint density at radius 3 is 2.54 bits per heavy atom. The summed E-state index contributed by atoms with van der Waals surface area (Å²) in [7, 11) is -2.23. The molecule has 0 saturated carbocycles. The molecule has 3 heterocycles. The van der Waals surface area contributed by atoms with Crippen LogP contribution in [-0.4, -0.2) is 71.8 Å². The molecule has 2 aromatic carbocycles. The predicted octanol–water partition coefficient (Wildman–Crippen LogP) is 1.99. The van der Waals surface area contributed by atoms with Crippen LogP contribution >= 0.6 is 12.2 Å². The topological polar surface area (TPSA) is 150 Å². The SMILES string of the molecule is COc1cc2c(cc1O)[nH]c1ncnc(N3CCN(C(=S)Nc4ccc(S(N)(=O)=O)cc4)CC3)c12. The van der Waals surface area contributed by atoms with E-state index < -0.39 is 10.0 Å². The quantitative estimate of drug-likeness (QED) is 0.298. The molecule has 0 unspecified atom stereocenters. The Morgan fingerprint density at radius 2 is 1.89 bits per heavy atom. The number of thiocarbonyl (C=S) groups is 1. The Hall–Kier alpha value is -3.68. The number of hydrogen-bond acceptors (Lipinski definition) is 8. The van der Waals surface area contributed by atoms with Crippen LogP contribution in [0.15, 0.2) is 47.6 Å². The lowest BCUT2D eigenvalue weighted by atomic mass is 10.1. The number of methoxy groups -OCH3 is 1. The number of aromatic hydroxyl groups is 1. The van der Waals surface area contributed by atoms with Gasteiger partial charge in [-0.15, -0.1) is 0 Å². The number of nitrogens with one attached hydrogen (secondary N) is 2. The Morgan fingerprint density at radius 1 is 1.17 bits per heavy atom. The number of phenols is 1. The van der Waals surface area contributed by atoms with Gasteiger partial charge < -0.3 is 29.9 Å². The summed E-state index contributed by atoms with van der Waals surface area (Å²) in [6.45, 7) is 2.69. The van der Waals surface area contributed by atoms with Crippen molar-refractivity contribution in [2.75, 3.05) is 43.5 Å². The van der Waals surface area contributed by atoms with Crippen molar-refractivity contribution in [2.45, 2.75) is 4.90 Å². The molecule has 182 valence electrons. The van der Waals surface area contributed by atoms with Crippen LogP contribution in [0.25, 0.3) is 21.9 Å². The van der Waals surface area contributed by atoms with E-state index >= 15 is 0 Å². The standard InChI is InChI=1S/C22H23N7O4S2/c1-33-18-10-15-16(11-17(18)30)27-20-19(15)21(25-12-24-20)28-6-8-29(9-7-28)22(34)26-13-2-4-14(5-3-13)35(23,31)32/h2-5,10-12,30H,6-9H2,1H3,(H,26,34)(H2,23,31,32)(H,24,25,27). The monoisotopic (exact) mass is 513 g/mol. The lowest BCUT2D eigenvalue weighted by Crippen LogP contribution is -2.50. The first kappa shape index (κ1) is 23.1. The van der Waals surface area contributed by atoms with Gasteiger partial charge in [-0.3, -0.25) is 0 Å². The number of anilines is 2. The van der Waals surface area contributed by atoms with E-state index in [1.807, 2.05) is 4.90 Å². The largest absolute Gasteiger partial charge is 0.504 e. The van der Waals surface area contributed by atoms with Gasteiger partial charge in [0, 0.05) is 43.3 Å². The molecule has 0 radical (unpaired) electrons. The minimum Gasteiger partial charge on any atom is -0.504 e. The highest BCUT2D eigenvalue weighted by Crippen LogP contribution is 2.37. The molecule has 2 aromatic heterocycles. The number of fused-ring (bicyclic) bond motifs is 3. The van der Waals surface area contributed by atoms with Crippen molar-refractivity contribution in [1.29, 1.82) is 0 Å². The molecule has 5 rings (SSSR count). The molecule has 1 aliphatic heterocycles. The zero-order valence-electron chi connectivity index (χ0n) is 18.7. The number of piperazine rings is 1. The number of benzene rings is 2. The number of nitrogens with two attached hydrogens (primary N) is 1. The third-order valence-electron chi connectivity index (χ3n) is 5.97. The lowest BCUT2D eigenvalue weighted by molar-refractivity contribution is 0.374. The molecule has 1 saturated heterocycles. The van der Waals surface area contributed by atoms with Gasteiger partial charge in [0.25, 0.3) is 0 Å². The Bertz CT molecular complexity index is 1530. The van der Waals surface area contributed by atoms with Crippen LogP contribution in [0.4, 0.5) is 11.5 Å². The second-order valence-electron chi connectivity index (χ2n) is 8.09. The molecule has 0 aliphatic carbocycles. The zero-order chi connectivity index (χ0) is 24.7. The zero-order valence-corrected chi connectivity index (χ0v) is 20.4. The Kier molecular flexibility index (Phi) is 5.83. The molecule has 4 aromatic rings. The minimum atomic E-state index is -3.74. The molecular weight excluding hydrogens is 490 g/mol. The third kappa shape index (κ3) is 4.40. The van der Waals surface area contributed by atoms with Gasteiger partial charge >= 0.3 is 0 Å². The van der Waals surface area contributed by atoms with Crippen molar-refractivity contribution in [2.24, 2.45) is 5.14 Å². The fourth-order valence-corrected chi connectivity index (χ4v) is 5.00. The first-order valence-electron chi connectivity index (χ1n) is 10.7. The summed E-state index contributed by atoms with van der Waals surface area (Å²) in [5.74, 6) is 1.23. The smallest absolute Gasteiger partial charge is 0.238 e. The molecule has 1 fully saturated rings. The summed E-state index contributed by atoms with van der Waals surface area (Å²) in [5, 5.41) is 20.7. The van der Waals surface area contributed by atoms with Gasteiger partial charge in [0.15, 0.2) is 16.6 Å². The van der Waals surface area contributed by atoms with E-state index in [1.165, 1.54) is 25.6 Å². The number of phenolic OH excluding ortho intramolecular Hbond substituents is 1. The second-order valence-corrected chi connectivity index (χ2v) is 10.0. The van der Waals surface area contributed by atoms with Crippen molar-refractivity contribution in [3.05, 3.63) is 42.7 Å². The second kappa shape index (κ2) is 8.83. The molecular formula is C22H23N7O4S2. The number of rotatable bonds is 4. The van der Waals surface area contributed by atoms with E-state index in [1.54, 1.807) is 24.3 Å². The van der Waals surface area contributed by atoms with Crippen LogP contribution in [0.1, 0.15) is 0 Å². The van der Waals surface area contributed by atoms with Crippen molar-refractivity contribution in [1.82, 2.24) is 19.9 Å². The molecule has 0 amide bonds. The van der Waals surface area contributed by atoms with E-state index in [2.05, 4.69) is 25.2 Å². The third-order valence-corrected chi connectivity index (χ3v) is 7.26. The van der Waals surface area contributed by atoms with Crippen LogP contribution in [0.2, 0.25) is 0 Å². The van der Waals surface area contributed by atoms with Gasteiger partial charge in [-0.2, -0.15) is 0 Å². The number of ether oxygens (including phenoxy) is 1. The highest BCUT2D eigenvalue weighted by molar-refractivity contribution is 7.89. The minimum absolute atomic E-state index is 0.0452. The number of nitrogens with zero attached hydrogens (tertiary/aromatic N) is 4. The maximum atomic E-state index is 11.4. The van der Waals surface area contributed by atoms with Crippen LogP contribution in [0.5, 0.6) is 11.5 Å². The highest BCUT2D eigenvalue weighted by Gasteiger charge is 2.24. The van der Waals surface area contributed by atoms with Crippen LogP contribution in [0.3, 0.4) is 0 Å². The maximum absolute atomic E-state index is 11.4. The predicted molar refractivity (Wildman–Crippen MR) is 137 cm³/mol. The van der Waals surface area contributed by atoms with E-state index in [-0.39, 0.29) is 10.6 Å². The van der Waals surface area contributed by atoms with Gasteiger partial charge in [0.2, 0.25) is 10.0 Å². The number of aromatic amines is 1. The molecule has 13 heteroatoms. The average molecular weight is 514 g/mol. The summed E-state index contributed by atoms with van der Waals surface area (Å²) in [6.07, 6.45) is 1.52. The van der Waals surface area contributed by atoms with Crippen molar-refractivity contribution in [3.8, 4) is 11.5 Å². The first-order chi connectivity index (χ1) is 16.7. The van der Waals surface area contributed by atoms with E-state index in [0.29, 0.717) is 48.4 Å². The van der Waals surface area contributed by atoms with Crippen LogP contribution in [-0.2, 0) is 10.0 Å². The molecule has 5 N–H and O–H groups in total. The van der Waals surface area contributed by atoms with Crippen molar-refractivity contribution >= 4 is 60.8 Å². The van der Waals surface area contributed by atoms with Crippen molar-refractivity contribution < 1.29 is 18.3 Å². The fraction of sp³-hybridized carbons (Fsp3) is 0.227. The van der Waals surface area contributed by atoms with E-state index in [0.717, 1.165) is 22.1 Å². The molecule has 0 spiro atoms. The molecule has 1 aliphatic rings. The summed E-state index contributed by atoms with van der Waals surface area (Å²) >= 11 is 5.57. The van der Waals surface area contributed by atoms with Crippen molar-refractivity contribution in [3.63, 3.8) is 0 Å². The molecule has 35 heavy (non-hydrogen) atoms. The Labute approximate surface area is 206 Å². The Balaban J connectivity index is 1.32. The summed E-state index contributed by atoms with van der Waals surface area (Å²) in [6, 6.07) is 9.54. The lowest BCUT2D eigenvalue weighted by Gasteiger charge is -2.37. The van der Waals surface area contributed by atoms with Gasteiger partial charge in [0.1, 0.15) is 17.8 Å². The average Bonchev–Trinajstić information content (AvgIpc) is 3.20. The molecule has 0 bridgehead atoms. The number of hydrogen-bond donors (Lipinski definition) is 4. The van der Waals surface area contributed by atoms with E-state index in [4.69, 9.17) is 22.1 Å². The highest BCUT2D eigenvalue weighted by atomic mass is 32.2. The van der Waals surface area contributed by atoms with Crippen LogP contribution < -0.4 is 20.1 Å². The number of aromatic nitrogens is 3. The van der Waals surface area contributed by atoms with Gasteiger partial charge in [-0.05, 0) is 42.5 Å².